The second kappa shape index (κ2) is 7.80. The van der Waals surface area contributed by atoms with Gasteiger partial charge in [-0.15, -0.1) is 0 Å². The van der Waals surface area contributed by atoms with Gasteiger partial charge in [-0.3, -0.25) is 9.59 Å². The summed E-state index contributed by atoms with van der Waals surface area (Å²) in [5, 5.41) is 3.32. The van der Waals surface area contributed by atoms with Crippen LogP contribution in [-0.4, -0.2) is 42.6 Å². The topological polar surface area (TPSA) is 101 Å². The molecule has 0 heterocycles. The van der Waals surface area contributed by atoms with Crippen LogP contribution in [0.5, 0.6) is 0 Å². The van der Waals surface area contributed by atoms with Crippen molar-refractivity contribution in [2.24, 2.45) is 0 Å². The zero-order valence-electron chi connectivity index (χ0n) is 15.8. The number of anilines is 3. The van der Waals surface area contributed by atoms with Crippen LogP contribution < -0.4 is 16.8 Å². The highest BCUT2D eigenvalue weighted by atomic mass is 16.1. The summed E-state index contributed by atoms with van der Waals surface area (Å²) >= 11 is 0. The smallest absolute Gasteiger partial charge is 0.198 e. The monoisotopic (exact) mass is 366 g/mol. The van der Waals surface area contributed by atoms with Gasteiger partial charge in [-0.25, -0.2) is 0 Å². The summed E-state index contributed by atoms with van der Waals surface area (Å²) in [5.41, 5.74) is 14.4. The van der Waals surface area contributed by atoms with Crippen molar-refractivity contribution >= 4 is 28.6 Å². The third kappa shape index (κ3) is 3.40. The summed E-state index contributed by atoms with van der Waals surface area (Å²) in [7, 11) is 0. The molecule has 0 atom stereocenters. The van der Waals surface area contributed by atoms with Gasteiger partial charge in [0.1, 0.15) is 0 Å². The summed E-state index contributed by atoms with van der Waals surface area (Å²) in [4.78, 5) is 28.4. The predicted octanol–water partition coefficient (Wildman–Crippen LogP) is 2.77. The Balaban J connectivity index is 1.89. The van der Waals surface area contributed by atoms with Crippen molar-refractivity contribution in [1.82, 2.24) is 4.90 Å². The molecular weight excluding hydrogens is 340 g/mol. The molecule has 0 radical (unpaired) electrons. The number of rotatable bonds is 7. The zero-order chi connectivity index (χ0) is 19.6. The quantitative estimate of drug-likeness (QED) is 0.439. The molecule has 6 heteroatoms. The van der Waals surface area contributed by atoms with Gasteiger partial charge >= 0.3 is 0 Å². The summed E-state index contributed by atoms with van der Waals surface area (Å²) in [5.74, 6) is -0.507. The molecule has 0 bridgehead atoms. The SMILES string of the molecule is CCN(CC)CCCNc1cccc2c1C(=O)c1c(N)ccc(N)c1C2=O. The number of hydrogen-bond acceptors (Lipinski definition) is 6. The third-order valence-electron chi connectivity index (χ3n) is 5.12. The van der Waals surface area contributed by atoms with E-state index in [1.165, 1.54) is 0 Å². The van der Waals surface area contributed by atoms with Crippen LogP contribution in [0.2, 0.25) is 0 Å². The minimum Gasteiger partial charge on any atom is -0.398 e. The van der Waals surface area contributed by atoms with Crippen LogP contribution in [0.3, 0.4) is 0 Å². The van der Waals surface area contributed by atoms with Crippen molar-refractivity contribution in [1.29, 1.82) is 0 Å². The third-order valence-corrected chi connectivity index (χ3v) is 5.12. The van der Waals surface area contributed by atoms with Crippen molar-refractivity contribution in [2.75, 3.05) is 43.0 Å². The number of hydrogen-bond donors (Lipinski definition) is 3. The molecule has 0 aliphatic heterocycles. The molecule has 0 amide bonds. The summed E-state index contributed by atoms with van der Waals surface area (Å²) in [6, 6.07) is 8.42. The maximum atomic E-state index is 13.1. The predicted molar refractivity (Wildman–Crippen MR) is 109 cm³/mol. The minimum atomic E-state index is -0.254. The number of carbonyl (C=O) groups is 2. The Bertz CT molecular complexity index is 888. The molecule has 5 N–H and O–H groups in total. The van der Waals surface area contributed by atoms with E-state index in [1.54, 1.807) is 24.3 Å². The van der Waals surface area contributed by atoms with Crippen molar-refractivity contribution in [3.05, 3.63) is 52.6 Å². The molecule has 0 unspecified atom stereocenters. The molecule has 142 valence electrons. The van der Waals surface area contributed by atoms with E-state index in [0.717, 1.165) is 26.1 Å². The molecule has 3 rings (SSSR count). The van der Waals surface area contributed by atoms with E-state index < -0.39 is 0 Å². The van der Waals surface area contributed by atoms with Gasteiger partial charge < -0.3 is 21.7 Å². The second-order valence-electron chi connectivity index (χ2n) is 6.69. The molecule has 2 aromatic carbocycles. The van der Waals surface area contributed by atoms with Gasteiger partial charge in [0.05, 0.1) is 16.7 Å². The Labute approximate surface area is 159 Å². The lowest BCUT2D eigenvalue weighted by Crippen LogP contribution is -2.27. The van der Waals surface area contributed by atoms with Crippen LogP contribution in [0.4, 0.5) is 17.1 Å². The lowest BCUT2D eigenvalue weighted by Gasteiger charge is -2.23. The van der Waals surface area contributed by atoms with Crippen molar-refractivity contribution in [2.45, 2.75) is 20.3 Å². The van der Waals surface area contributed by atoms with Crippen molar-refractivity contribution in [3.8, 4) is 0 Å². The highest BCUT2D eigenvalue weighted by Crippen LogP contribution is 2.37. The lowest BCUT2D eigenvalue weighted by atomic mass is 9.81. The fourth-order valence-corrected chi connectivity index (χ4v) is 3.58. The van der Waals surface area contributed by atoms with Gasteiger partial charge in [-0.2, -0.15) is 0 Å². The first-order valence-corrected chi connectivity index (χ1v) is 9.36. The first-order valence-electron chi connectivity index (χ1n) is 9.36. The van der Waals surface area contributed by atoms with Gasteiger partial charge in [-0.05, 0) is 44.3 Å². The first kappa shape index (κ1) is 18.9. The molecule has 0 aromatic heterocycles. The van der Waals surface area contributed by atoms with Crippen LogP contribution in [0.1, 0.15) is 52.1 Å². The number of nitrogens with zero attached hydrogens (tertiary/aromatic N) is 1. The van der Waals surface area contributed by atoms with Crippen LogP contribution in [0, 0.1) is 0 Å². The van der Waals surface area contributed by atoms with Crippen LogP contribution in [0.15, 0.2) is 30.3 Å². The summed E-state index contributed by atoms with van der Waals surface area (Å²) in [6.45, 7) is 8.01. The van der Waals surface area contributed by atoms with Gasteiger partial charge in [0.2, 0.25) is 0 Å². The van der Waals surface area contributed by atoms with Gasteiger partial charge in [0, 0.05) is 29.2 Å². The first-order chi connectivity index (χ1) is 13.0. The minimum absolute atomic E-state index is 0.213. The van der Waals surface area contributed by atoms with E-state index in [4.69, 9.17) is 11.5 Å². The van der Waals surface area contributed by atoms with Gasteiger partial charge in [0.15, 0.2) is 11.6 Å². The van der Waals surface area contributed by atoms with Crippen molar-refractivity contribution < 1.29 is 9.59 Å². The maximum absolute atomic E-state index is 13.1. The molecule has 1 aliphatic rings. The van der Waals surface area contributed by atoms with Crippen LogP contribution in [0.25, 0.3) is 0 Å². The number of benzene rings is 2. The molecule has 0 saturated heterocycles. The number of nitrogens with one attached hydrogen (secondary N) is 1. The average molecular weight is 366 g/mol. The fraction of sp³-hybridized carbons (Fsp3) is 0.333. The van der Waals surface area contributed by atoms with Crippen LogP contribution >= 0.6 is 0 Å². The van der Waals surface area contributed by atoms with Gasteiger partial charge in [0.25, 0.3) is 0 Å². The Morgan fingerprint density at radius 1 is 0.889 bits per heavy atom. The fourth-order valence-electron chi connectivity index (χ4n) is 3.58. The standard InChI is InChI=1S/C21H26N4O2/c1-3-25(4-2)12-6-11-24-16-8-5-7-13-17(16)21(27)19-15(23)10-9-14(22)18(19)20(13)26/h5,7-10,24H,3-4,6,11-12,22-23H2,1-2H3. The number of ketones is 2. The number of carbonyl (C=O) groups excluding carboxylic acids is 2. The molecule has 0 fully saturated rings. The van der Waals surface area contributed by atoms with Gasteiger partial charge in [-0.1, -0.05) is 26.0 Å². The van der Waals surface area contributed by atoms with E-state index in [1.807, 2.05) is 6.07 Å². The summed E-state index contributed by atoms with van der Waals surface area (Å²) in [6.07, 6.45) is 0.944. The molecule has 6 nitrogen and oxygen atoms in total. The number of nitrogens with two attached hydrogens (primary N) is 2. The second-order valence-corrected chi connectivity index (χ2v) is 6.69. The highest BCUT2D eigenvalue weighted by molar-refractivity contribution is 6.33. The Kier molecular flexibility index (Phi) is 5.46. The largest absolute Gasteiger partial charge is 0.398 e. The highest BCUT2D eigenvalue weighted by Gasteiger charge is 2.34. The molecule has 2 aromatic rings. The van der Waals surface area contributed by atoms with Crippen LogP contribution in [-0.2, 0) is 0 Å². The molecule has 0 saturated carbocycles. The summed E-state index contributed by atoms with van der Waals surface area (Å²) < 4.78 is 0. The molecule has 0 spiro atoms. The number of fused-ring (bicyclic) bond motifs is 2. The Morgan fingerprint density at radius 2 is 1.52 bits per heavy atom. The van der Waals surface area contributed by atoms with E-state index >= 15 is 0 Å². The molecular formula is C21H26N4O2. The van der Waals surface area contributed by atoms with E-state index in [2.05, 4.69) is 24.1 Å². The Morgan fingerprint density at radius 3 is 2.15 bits per heavy atom. The van der Waals surface area contributed by atoms with E-state index in [9.17, 15) is 9.59 Å². The van der Waals surface area contributed by atoms with Crippen molar-refractivity contribution in [3.63, 3.8) is 0 Å². The Hall–Kier alpha value is -2.86. The average Bonchev–Trinajstić information content (AvgIpc) is 2.67. The zero-order valence-corrected chi connectivity index (χ0v) is 15.8. The molecule has 27 heavy (non-hydrogen) atoms. The normalized spacial score (nSPS) is 12.9. The maximum Gasteiger partial charge on any atom is 0.198 e. The van der Waals surface area contributed by atoms with E-state index in [-0.39, 0.29) is 34.1 Å². The number of nitrogen functional groups attached to an aromatic ring is 2. The lowest BCUT2D eigenvalue weighted by molar-refractivity contribution is 0.0981. The van der Waals surface area contributed by atoms with E-state index in [0.29, 0.717) is 23.4 Å². The molecule has 1 aliphatic carbocycles.